The molecule has 6 unspecified atom stereocenters. The van der Waals surface area contributed by atoms with Gasteiger partial charge in [-0.15, -0.1) is 0 Å². The summed E-state index contributed by atoms with van der Waals surface area (Å²) in [7, 11) is 0. The van der Waals surface area contributed by atoms with Gasteiger partial charge in [-0.05, 0) is 81.5 Å². The minimum Gasteiger partial charge on any atom is -0.481 e. The van der Waals surface area contributed by atoms with Gasteiger partial charge in [-0.1, -0.05) is 64.2 Å². The monoisotopic (exact) mass is 570 g/mol. The Bertz CT molecular complexity index is 955. The maximum atomic E-state index is 13.1. The molecule has 6 rings (SSSR count). The molecular formula is C33H50N2O6. The van der Waals surface area contributed by atoms with E-state index in [0.717, 1.165) is 25.7 Å². The van der Waals surface area contributed by atoms with Gasteiger partial charge in [-0.2, -0.15) is 0 Å². The number of aliphatic carboxylic acids is 2. The number of carboxylic acids is 2. The number of hydrogen-bond acceptors (Lipinski definition) is 4. The molecule has 2 heterocycles. The predicted molar refractivity (Wildman–Crippen MR) is 153 cm³/mol. The van der Waals surface area contributed by atoms with E-state index in [0.29, 0.717) is 68.9 Å². The molecule has 0 bridgehead atoms. The summed E-state index contributed by atoms with van der Waals surface area (Å²) < 4.78 is 0. The molecule has 6 aliphatic rings. The van der Waals surface area contributed by atoms with Gasteiger partial charge in [0.2, 0.25) is 11.8 Å². The third-order valence-electron chi connectivity index (χ3n) is 12.4. The van der Waals surface area contributed by atoms with Gasteiger partial charge < -0.3 is 20.0 Å². The van der Waals surface area contributed by atoms with Crippen LogP contribution < -0.4 is 0 Å². The fraction of sp³-hybridized carbons (Fsp3) is 0.879. The fourth-order valence-corrected chi connectivity index (χ4v) is 10.1. The van der Waals surface area contributed by atoms with Crippen molar-refractivity contribution in [3.05, 3.63) is 0 Å². The van der Waals surface area contributed by atoms with Crippen molar-refractivity contribution < 1.29 is 29.4 Å². The van der Waals surface area contributed by atoms with Gasteiger partial charge in [-0.25, -0.2) is 0 Å². The van der Waals surface area contributed by atoms with Gasteiger partial charge in [-0.3, -0.25) is 19.2 Å². The van der Waals surface area contributed by atoms with Crippen LogP contribution in [0.25, 0.3) is 0 Å². The van der Waals surface area contributed by atoms with Crippen molar-refractivity contribution in [2.45, 2.75) is 133 Å². The molecule has 2 spiro atoms. The molecule has 0 aromatic heterocycles. The van der Waals surface area contributed by atoms with Crippen LogP contribution in [0.2, 0.25) is 0 Å². The number of carbonyl (C=O) groups is 4. The highest BCUT2D eigenvalue weighted by Crippen LogP contribution is 2.55. The molecule has 0 radical (unpaired) electrons. The van der Waals surface area contributed by atoms with E-state index in [2.05, 4.69) is 0 Å². The standard InChI is InChI=1S/C33H50N2O6/c36-28(37)26-20-24(18-22-8-3-1-4-9-22)12-14-32(26)30(40)34(32)16-7-17-35-31(41)33(35)15-13-25(21-27(33)29(38)39)19-23-10-5-2-6-11-23/h22-27H,1-21H2,(H,36,37)(H,38,39). The van der Waals surface area contributed by atoms with E-state index in [-0.39, 0.29) is 11.8 Å². The van der Waals surface area contributed by atoms with Crippen LogP contribution in [0.5, 0.6) is 0 Å². The first-order valence-electron chi connectivity index (χ1n) is 16.9. The van der Waals surface area contributed by atoms with Crippen LogP contribution in [0.15, 0.2) is 0 Å². The lowest BCUT2D eigenvalue weighted by molar-refractivity contribution is -0.147. The summed E-state index contributed by atoms with van der Waals surface area (Å²) in [6.45, 7) is 0.885. The normalized spacial score (nSPS) is 38.0. The lowest BCUT2D eigenvalue weighted by Crippen LogP contribution is -2.42. The minimum atomic E-state index is -0.865. The van der Waals surface area contributed by atoms with Gasteiger partial charge in [0.15, 0.2) is 0 Å². The number of amides is 2. The Morgan fingerprint density at radius 1 is 0.610 bits per heavy atom. The van der Waals surface area contributed by atoms with Crippen LogP contribution in [-0.2, 0) is 19.2 Å². The topological polar surface area (TPSA) is 115 Å². The molecule has 6 atom stereocenters. The second-order valence-corrected chi connectivity index (χ2v) is 14.7. The molecule has 6 fully saturated rings. The Hall–Kier alpha value is -2.12. The van der Waals surface area contributed by atoms with Crippen LogP contribution in [0.1, 0.15) is 122 Å². The maximum absolute atomic E-state index is 13.1. The zero-order valence-corrected chi connectivity index (χ0v) is 24.7. The van der Waals surface area contributed by atoms with Crippen molar-refractivity contribution in [3.63, 3.8) is 0 Å². The molecule has 4 aliphatic carbocycles. The molecule has 2 saturated heterocycles. The van der Waals surface area contributed by atoms with E-state index in [9.17, 15) is 29.4 Å². The largest absolute Gasteiger partial charge is 0.481 e. The second-order valence-electron chi connectivity index (χ2n) is 14.7. The van der Waals surface area contributed by atoms with Crippen LogP contribution in [0.3, 0.4) is 0 Å². The highest BCUT2D eigenvalue weighted by molar-refractivity contribution is 6.06. The summed E-state index contributed by atoms with van der Waals surface area (Å²) in [5.74, 6) is -0.918. The van der Waals surface area contributed by atoms with Crippen LogP contribution >= 0.6 is 0 Å². The minimum absolute atomic E-state index is 0.0421. The Morgan fingerprint density at radius 2 is 1.00 bits per heavy atom. The Labute approximate surface area is 244 Å². The third kappa shape index (κ3) is 5.30. The SMILES string of the molecule is O=C(O)C1CC(CC2CCCCC2)CCC12C(=O)N2CCCN1C(=O)C12CCC(CC1CCCCC1)CC2C(=O)O. The molecule has 0 aromatic rings. The predicted octanol–water partition coefficient (Wildman–Crippen LogP) is 5.48. The highest BCUT2D eigenvalue weighted by Gasteiger charge is 2.71. The van der Waals surface area contributed by atoms with Crippen molar-refractivity contribution in [1.82, 2.24) is 9.80 Å². The summed E-state index contributed by atoms with van der Waals surface area (Å²) in [6, 6.07) is 0. The van der Waals surface area contributed by atoms with Gasteiger partial charge in [0, 0.05) is 13.1 Å². The molecule has 8 heteroatoms. The van der Waals surface area contributed by atoms with Gasteiger partial charge in [0.1, 0.15) is 11.1 Å². The number of nitrogens with zero attached hydrogens (tertiary/aromatic N) is 2. The van der Waals surface area contributed by atoms with E-state index in [4.69, 9.17) is 0 Å². The lowest BCUT2D eigenvalue weighted by Gasteiger charge is -2.36. The van der Waals surface area contributed by atoms with E-state index >= 15 is 0 Å². The summed E-state index contributed by atoms with van der Waals surface area (Å²) in [6.07, 6.45) is 19.8. The summed E-state index contributed by atoms with van der Waals surface area (Å²) in [5.41, 5.74) is -1.73. The maximum Gasteiger partial charge on any atom is 0.309 e. The van der Waals surface area contributed by atoms with Crippen molar-refractivity contribution in [2.75, 3.05) is 13.1 Å². The molecule has 8 nitrogen and oxygen atoms in total. The molecule has 4 saturated carbocycles. The zero-order valence-electron chi connectivity index (χ0n) is 24.7. The fourth-order valence-electron chi connectivity index (χ4n) is 10.1. The van der Waals surface area contributed by atoms with E-state index in [1.54, 1.807) is 9.80 Å². The van der Waals surface area contributed by atoms with Crippen molar-refractivity contribution in [3.8, 4) is 0 Å². The third-order valence-corrected chi connectivity index (χ3v) is 12.4. The zero-order chi connectivity index (χ0) is 28.8. The molecule has 2 N–H and O–H groups in total. The number of rotatable bonds is 10. The van der Waals surface area contributed by atoms with E-state index in [1.165, 1.54) is 64.2 Å². The van der Waals surface area contributed by atoms with Crippen LogP contribution in [0, 0.1) is 35.5 Å². The van der Waals surface area contributed by atoms with Crippen molar-refractivity contribution >= 4 is 23.8 Å². The molecule has 41 heavy (non-hydrogen) atoms. The lowest BCUT2D eigenvalue weighted by atomic mass is 9.69. The van der Waals surface area contributed by atoms with E-state index in [1.807, 2.05) is 0 Å². The van der Waals surface area contributed by atoms with Crippen LogP contribution in [-0.4, -0.2) is 67.9 Å². The van der Waals surface area contributed by atoms with Crippen LogP contribution in [0.4, 0.5) is 0 Å². The van der Waals surface area contributed by atoms with Gasteiger partial charge in [0.05, 0.1) is 11.8 Å². The molecule has 228 valence electrons. The van der Waals surface area contributed by atoms with Crippen molar-refractivity contribution in [2.24, 2.45) is 35.5 Å². The number of hydrogen-bond donors (Lipinski definition) is 2. The molecule has 2 amide bonds. The quantitative estimate of drug-likeness (QED) is 0.336. The van der Waals surface area contributed by atoms with E-state index < -0.39 is 34.9 Å². The number of carboxylic acid groups (broad SMARTS) is 2. The smallest absolute Gasteiger partial charge is 0.309 e. The highest BCUT2D eigenvalue weighted by atomic mass is 16.4. The van der Waals surface area contributed by atoms with Gasteiger partial charge in [0.25, 0.3) is 0 Å². The van der Waals surface area contributed by atoms with Crippen molar-refractivity contribution in [1.29, 1.82) is 0 Å². The average Bonchev–Trinajstić information content (AvgIpc) is 3.75. The first-order chi connectivity index (χ1) is 19.8. The molecular weight excluding hydrogens is 520 g/mol. The Kier molecular flexibility index (Phi) is 8.14. The first kappa shape index (κ1) is 29.0. The molecule has 0 aromatic carbocycles. The summed E-state index contributed by atoms with van der Waals surface area (Å²) in [5, 5.41) is 20.2. The Morgan fingerprint density at radius 3 is 1.37 bits per heavy atom. The first-order valence-corrected chi connectivity index (χ1v) is 16.9. The van der Waals surface area contributed by atoms with Gasteiger partial charge >= 0.3 is 11.9 Å². The second kappa shape index (κ2) is 11.5. The summed E-state index contributed by atoms with van der Waals surface area (Å²) >= 11 is 0. The number of carbonyl (C=O) groups excluding carboxylic acids is 2. The summed E-state index contributed by atoms with van der Waals surface area (Å²) in [4.78, 5) is 54.4. The Balaban J connectivity index is 1.02. The molecule has 2 aliphatic heterocycles. The average molecular weight is 571 g/mol.